The second kappa shape index (κ2) is 27.5. The second-order valence-corrected chi connectivity index (χ2v) is 14.9. The quantitative estimate of drug-likeness (QED) is 0.0234. The Bertz CT molecular complexity index is 2500. The van der Waals surface area contributed by atoms with Gasteiger partial charge in [-0.05, 0) is 83.9 Å². The molecular weight excluding hydrogens is 961 g/mol. The summed E-state index contributed by atoms with van der Waals surface area (Å²) in [6, 6.07) is 23.3. The Hall–Kier alpha value is -8.30. The van der Waals surface area contributed by atoms with E-state index in [0.717, 1.165) is 11.5 Å². The monoisotopic (exact) mass is 1010 g/mol. The van der Waals surface area contributed by atoms with Crippen LogP contribution in [0.1, 0.15) is 53.4 Å². The molecule has 0 atom stereocenters. The van der Waals surface area contributed by atoms with E-state index in [4.69, 9.17) is 57.4 Å². The molecule has 0 saturated carbocycles. The molecule has 3 aliphatic heterocycles. The van der Waals surface area contributed by atoms with Gasteiger partial charge in [-0.25, -0.2) is 0 Å². The largest absolute Gasteiger partial charge is 0.504 e. The number of fused-ring (bicyclic) bond motifs is 3. The number of hydrogen-bond acceptors (Lipinski definition) is 17. The normalized spacial score (nSPS) is 11.4. The fourth-order valence-electron chi connectivity index (χ4n) is 5.61. The van der Waals surface area contributed by atoms with Gasteiger partial charge in [0.15, 0.2) is 57.5 Å². The number of anilines is 5. The lowest BCUT2D eigenvalue weighted by atomic mass is 10.2. The molecule has 0 bridgehead atoms. The van der Waals surface area contributed by atoms with Crippen molar-refractivity contribution in [3.8, 4) is 57.5 Å². The summed E-state index contributed by atoms with van der Waals surface area (Å²) in [5.74, 6) is 1.24. The Kier molecular flexibility index (Phi) is 22.0. The first kappa shape index (κ1) is 56.0. The summed E-state index contributed by atoms with van der Waals surface area (Å²) in [6.07, 6.45) is -0.0154. The van der Waals surface area contributed by atoms with Gasteiger partial charge in [-0.3, -0.25) is 28.8 Å². The lowest BCUT2D eigenvalue weighted by molar-refractivity contribution is -0.121. The third-order valence-corrected chi connectivity index (χ3v) is 9.28. The van der Waals surface area contributed by atoms with Gasteiger partial charge < -0.3 is 75.8 Å². The predicted molar refractivity (Wildman–Crippen MR) is 259 cm³/mol. The fourth-order valence-corrected chi connectivity index (χ4v) is 5.80. The van der Waals surface area contributed by atoms with Gasteiger partial charge in [-0.1, -0.05) is 14.9 Å². The van der Waals surface area contributed by atoms with Crippen LogP contribution in [0, 0.1) is 0 Å². The highest BCUT2D eigenvalue weighted by molar-refractivity contribution is 6.66. The molecule has 0 radical (unpaired) electrons. The van der Waals surface area contributed by atoms with Gasteiger partial charge in [0.05, 0.1) is 0 Å². The Morgan fingerprint density at radius 2 is 0.686 bits per heavy atom. The maximum atomic E-state index is 12.0. The standard InChI is InChI=1S/C18H16N2O6.C16H16N2O6.C7H7NO2.C4H4Cl2O2.2CH4/c21-17(19-11-1-3-13-15(7-11)25-9-23-13)5-6-18(22)20-12-2-4-14-16(8-12)26-10-24-14;19-11-3-1-9(7-13(11)21)17-15(23)5-6-16(24)18-10-2-4-12(20)14(22)8-10;8-5-1-2-6-7(3-5)10-4-9-6;5-3(7)1-2-4(6)8;;/h1-4,7-8H,5-6,9-10H2,(H,19,21)(H,20,22);1-4,7-8,19-22H,5-6H2,(H,17,23)(H,18,24);1-3H,4,8H2;1-2H2;2*1H4. The van der Waals surface area contributed by atoms with Crippen LogP contribution < -0.4 is 55.4 Å². The third kappa shape index (κ3) is 18.4. The molecule has 10 N–H and O–H groups in total. The summed E-state index contributed by atoms with van der Waals surface area (Å²) < 4.78 is 31.1. The number of carbonyl (C=O) groups is 6. The predicted octanol–water partition coefficient (Wildman–Crippen LogP) is 7.93. The van der Waals surface area contributed by atoms with E-state index in [1.54, 1.807) is 54.6 Å². The van der Waals surface area contributed by atoms with E-state index in [0.29, 0.717) is 58.2 Å². The molecule has 0 fully saturated rings. The second-order valence-electron chi connectivity index (χ2n) is 14.1. The maximum absolute atomic E-state index is 12.0. The fraction of sp³-hybridized carbons (Fsp3) is 0.234. The maximum Gasteiger partial charge on any atom is 0.231 e. The number of phenols is 4. The molecule has 374 valence electrons. The van der Waals surface area contributed by atoms with Gasteiger partial charge in [0.25, 0.3) is 0 Å². The molecule has 4 amide bonds. The number of hydrogen-bond donors (Lipinski definition) is 9. The molecule has 5 aromatic carbocycles. The Labute approximate surface area is 411 Å². The van der Waals surface area contributed by atoms with Gasteiger partial charge in [-0.2, -0.15) is 0 Å². The number of ether oxygens (including phenoxy) is 6. The average Bonchev–Trinajstić information content (AvgIpc) is 4.09. The Morgan fingerprint density at radius 1 is 0.400 bits per heavy atom. The summed E-state index contributed by atoms with van der Waals surface area (Å²) in [7, 11) is 0. The van der Waals surface area contributed by atoms with E-state index in [9.17, 15) is 49.2 Å². The number of benzene rings is 5. The molecule has 0 unspecified atom stereocenters. The van der Waals surface area contributed by atoms with Crippen molar-refractivity contribution in [2.45, 2.75) is 53.4 Å². The molecule has 3 aliphatic rings. The van der Waals surface area contributed by atoms with Crippen LogP contribution in [0.5, 0.6) is 57.5 Å². The van der Waals surface area contributed by atoms with Crippen molar-refractivity contribution < 1.29 is 77.6 Å². The molecule has 0 aromatic heterocycles. The molecule has 70 heavy (non-hydrogen) atoms. The van der Waals surface area contributed by atoms with Crippen LogP contribution >= 0.6 is 23.2 Å². The minimum absolute atomic E-state index is 0. The highest BCUT2D eigenvalue weighted by atomic mass is 35.5. The Morgan fingerprint density at radius 3 is 1.01 bits per heavy atom. The molecule has 0 spiro atoms. The number of carbonyl (C=O) groups excluding carboxylic acids is 6. The lowest BCUT2D eigenvalue weighted by Gasteiger charge is -2.08. The first-order chi connectivity index (χ1) is 32.5. The number of nitrogen functional groups attached to an aromatic ring is 1. The van der Waals surface area contributed by atoms with Crippen molar-refractivity contribution in [1.29, 1.82) is 0 Å². The molecule has 0 saturated heterocycles. The first-order valence-corrected chi connectivity index (χ1v) is 20.8. The van der Waals surface area contributed by atoms with Crippen LogP contribution in [0.3, 0.4) is 0 Å². The van der Waals surface area contributed by atoms with Crippen LogP contribution in [-0.2, 0) is 28.8 Å². The molecular formula is C47H51Cl2N5O16. The summed E-state index contributed by atoms with van der Waals surface area (Å²) in [6.45, 7) is 0.651. The molecule has 8 rings (SSSR count). The van der Waals surface area contributed by atoms with E-state index >= 15 is 0 Å². The molecule has 3 heterocycles. The average molecular weight is 1010 g/mol. The minimum Gasteiger partial charge on any atom is -0.504 e. The van der Waals surface area contributed by atoms with E-state index in [1.807, 2.05) is 0 Å². The molecule has 5 aromatic rings. The third-order valence-electron chi connectivity index (χ3n) is 8.90. The SMILES string of the molecule is C.C.Nc1ccc2c(c1)OCO2.O=C(CCC(=O)Nc1ccc(O)c(O)c1)Nc1ccc(O)c(O)c1.O=C(CCC(=O)Nc1ccc2c(c1)OCO2)Nc1ccc2c(c1)OCO2.O=C(Cl)CCC(=O)Cl. The molecule has 0 aliphatic carbocycles. The van der Waals surface area contributed by atoms with E-state index in [2.05, 4.69) is 21.3 Å². The molecule has 21 nitrogen and oxygen atoms in total. The number of aromatic hydroxyl groups is 4. The van der Waals surface area contributed by atoms with E-state index in [1.165, 1.54) is 36.4 Å². The minimum atomic E-state index is -0.529. The number of rotatable bonds is 13. The van der Waals surface area contributed by atoms with Crippen molar-refractivity contribution in [3.63, 3.8) is 0 Å². The van der Waals surface area contributed by atoms with Crippen LogP contribution in [0.25, 0.3) is 0 Å². The first-order valence-electron chi connectivity index (χ1n) is 20.1. The highest BCUT2D eigenvalue weighted by Crippen LogP contribution is 2.36. The van der Waals surface area contributed by atoms with Gasteiger partial charge in [0.2, 0.25) is 54.5 Å². The van der Waals surface area contributed by atoms with E-state index in [-0.39, 0.29) is 102 Å². The van der Waals surface area contributed by atoms with Gasteiger partial charge >= 0.3 is 0 Å². The zero-order chi connectivity index (χ0) is 49.2. The van der Waals surface area contributed by atoms with Crippen molar-refractivity contribution in [3.05, 3.63) is 91.0 Å². The lowest BCUT2D eigenvalue weighted by Crippen LogP contribution is -2.17. The van der Waals surface area contributed by atoms with Crippen LogP contribution in [-0.4, -0.2) is 74.9 Å². The summed E-state index contributed by atoms with van der Waals surface area (Å²) >= 11 is 9.74. The number of nitrogens with one attached hydrogen (secondary N) is 4. The summed E-state index contributed by atoms with van der Waals surface area (Å²) in [5, 5.41) is 46.4. The number of halogens is 2. The number of amides is 4. The Balaban J connectivity index is 0.000000270. The summed E-state index contributed by atoms with van der Waals surface area (Å²) in [5.41, 5.74) is 7.96. The van der Waals surface area contributed by atoms with Crippen molar-refractivity contribution in [2.75, 3.05) is 47.4 Å². The van der Waals surface area contributed by atoms with Gasteiger partial charge in [-0.15, -0.1) is 0 Å². The zero-order valence-corrected chi connectivity index (χ0v) is 37.1. The number of nitrogens with two attached hydrogens (primary N) is 1. The van der Waals surface area contributed by atoms with Crippen molar-refractivity contribution in [2.24, 2.45) is 0 Å². The smallest absolute Gasteiger partial charge is 0.231 e. The van der Waals surface area contributed by atoms with E-state index < -0.39 is 22.3 Å². The summed E-state index contributed by atoms with van der Waals surface area (Å²) in [4.78, 5) is 67.4. The van der Waals surface area contributed by atoms with Gasteiger partial charge in [0.1, 0.15) is 0 Å². The van der Waals surface area contributed by atoms with Gasteiger partial charge in [0, 0.05) is 97.3 Å². The van der Waals surface area contributed by atoms with Crippen LogP contribution in [0.2, 0.25) is 0 Å². The van der Waals surface area contributed by atoms with Crippen LogP contribution in [0.4, 0.5) is 28.4 Å². The topological polar surface area (TPSA) is 313 Å². The van der Waals surface area contributed by atoms with Crippen molar-refractivity contribution >= 4 is 85.8 Å². The number of phenolic OH excluding ortho intramolecular Hbond substituents is 4. The highest BCUT2D eigenvalue weighted by Gasteiger charge is 2.17. The molecule has 23 heteroatoms. The van der Waals surface area contributed by atoms with Crippen molar-refractivity contribution in [1.82, 2.24) is 0 Å². The zero-order valence-electron chi connectivity index (χ0n) is 35.5. The van der Waals surface area contributed by atoms with Crippen LogP contribution in [0.15, 0.2) is 91.0 Å².